The number of aryl methyl sites for hydroxylation is 1. The summed E-state index contributed by atoms with van der Waals surface area (Å²) >= 11 is 1.57. The predicted octanol–water partition coefficient (Wildman–Crippen LogP) is 7.27. The number of likely N-dealkylation sites (tertiary alicyclic amines) is 1. The molecule has 418 valence electrons. The van der Waals surface area contributed by atoms with Crippen LogP contribution in [-0.2, 0) is 36.9 Å². The molecule has 1 fully saturated rings. The molecule has 6 amide bonds. The van der Waals surface area contributed by atoms with Crippen molar-refractivity contribution >= 4 is 86.6 Å². The van der Waals surface area contributed by atoms with Gasteiger partial charge in [-0.15, -0.1) is 11.3 Å². The van der Waals surface area contributed by atoms with Crippen LogP contribution in [0.25, 0.3) is 21.5 Å². The van der Waals surface area contributed by atoms with E-state index < -0.39 is 41.2 Å². The Labute approximate surface area is 462 Å². The fourth-order valence-electron chi connectivity index (χ4n) is 9.94. The molecule has 79 heavy (non-hydrogen) atoms. The molecule has 0 radical (unpaired) electrons. The van der Waals surface area contributed by atoms with Crippen molar-refractivity contribution in [1.29, 1.82) is 0 Å². The fraction of sp³-hybridized carbons (Fsp3) is 0.421. The number of H-pyrrole nitrogens is 1. The van der Waals surface area contributed by atoms with Crippen molar-refractivity contribution in [3.8, 4) is 16.2 Å². The lowest BCUT2D eigenvalue weighted by Gasteiger charge is -2.35. The quantitative estimate of drug-likeness (QED) is 0.0331. The first-order valence-corrected chi connectivity index (χ1v) is 27.4. The summed E-state index contributed by atoms with van der Waals surface area (Å²) in [6.45, 7) is 8.03. The van der Waals surface area contributed by atoms with Gasteiger partial charge < -0.3 is 56.1 Å². The maximum Gasteiger partial charge on any atom is 0.256 e. The van der Waals surface area contributed by atoms with Gasteiger partial charge in [-0.25, -0.2) is 9.37 Å². The van der Waals surface area contributed by atoms with Crippen LogP contribution < -0.4 is 36.2 Å². The van der Waals surface area contributed by atoms with E-state index in [0.717, 1.165) is 46.5 Å². The van der Waals surface area contributed by atoms with Crippen molar-refractivity contribution in [2.24, 2.45) is 5.41 Å². The number of carbonyl (C=O) groups excluding carboxylic acids is 6. The molecule has 0 saturated carbocycles. The molecule has 3 aromatic carbocycles. The molecule has 20 nitrogen and oxygen atoms in total. The van der Waals surface area contributed by atoms with Gasteiger partial charge in [0.1, 0.15) is 35.1 Å². The maximum absolute atomic E-state index is 14.9. The Morgan fingerprint density at radius 3 is 2.42 bits per heavy atom. The number of halogens is 1. The summed E-state index contributed by atoms with van der Waals surface area (Å²) in [4.78, 5) is 103. The third-order valence-electron chi connectivity index (χ3n) is 14.3. The average Bonchev–Trinajstić information content (AvgIpc) is 4.26. The maximum atomic E-state index is 14.9. The number of hydrogen-bond acceptors (Lipinski definition) is 14. The number of aromatic amines is 1. The molecular formula is C57H69FN12O8S. The van der Waals surface area contributed by atoms with Crippen LogP contribution in [0.3, 0.4) is 0 Å². The van der Waals surface area contributed by atoms with Gasteiger partial charge in [-0.05, 0) is 78.6 Å². The zero-order valence-electron chi connectivity index (χ0n) is 45.6. The van der Waals surface area contributed by atoms with Crippen molar-refractivity contribution in [3.63, 3.8) is 0 Å². The van der Waals surface area contributed by atoms with E-state index >= 15 is 0 Å². The Hall–Kier alpha value is -7.98. The van der Waals surface area contributed by atoms with E-state index in [9.17, 15) is 38.3 Å². The molecule has 22 heteroatoms. The second kappa shape index (κ2) is 25.2. The normalized spacial score (nSPS) is 15.4. The van der Waals surface area contributed by atoms with Crippen LogP contribution in [0, 0.1) is 18.2 Å². The number of fused-ring (bicyclic) bond motifs is 2. The number of β-amino-alcohol motifs (C(OH)–C–C–N with tert-alkyl or cyclic N) is 1. The first kappa shape index (κ1) is 57.2. The summed E-state index contributed by atoms with van der Waals surface area (Å²) < 4.78 is 20.6. The molecule has 5 heterocycles. The Kier molecular flexibility index (Phi) is 18.3. The molecule has 1 saturated heterocycles. The van der Waals surface area contributed by atoms with E-state index in [4.69, 9.17) is 4.74 Å². The number of aliphatic hydroxyl groups excluding tert-OH is 1. The number of thiazole rings is 1. The number of ether oxygens (including phenoxy) is 1. The standard InChI is InChI=1S/C57H69FN12O8S/c1-33-49(79-32-62-33)35-20-18-34(19-21-35)29-61-53(75)43-27-37(71)30-70(43)55(77)50(57(2,3)4)65-45(72)16-11-9-8-10-12-17-46(73)68(6)31-47(74)69-25-23-36-26-44(78-7)41(28-42(36)69)64-56-66-51-38(22-24-60-51)52(67-56)63-40-15-13-14-39(58)48(40)54(76)59-5/h13-15,18-22,24,26,28,32,37,43,50,71H,8-12,16-17,23,25,27,29-31H2,1-7H3,(H,59,76)(H,61,75)(H,65,72)(H3,60,63,64,66,67)/t37-,43+,50?/m1/s1. The zero-order valence-corrected chi connectivity index (χ0v) is 46.4. The van der Waals surface area contributed by atoms with Crippen molar-refractivity contribution < 1.29 is 43.0 Å². The molecule has 0 spiro atoms. The van der Waals surface area contributed by atoms with E-state index in [1.165, 1.54) is 36.1 Å². The molecule has 0 bridgehead atoms. The summed E-state index contributed by atoms with van der Waals surface area (Å²) in [5.74, 6) is -1.87. The van der Waals surface area contributed by atoms with E-state index in [1.807, 2.05) is 58.0 Å². The number of likely N-dealkylation sites (N-methyl/N-ethyl adjacent to an activating group) is 1. The van der Waals surface area contributed by atoms with Crippen LogP contribution in [0.15, 0.2) is 72.4 Å². The molecule has 0 aliphatic carbocycles. The minimum Gasteiger partial charge on any atom is -0.495 e. The largest absolute Gasteiger partial charge is 0.495 e. The molecule has 3 aromatic heterocycles. The average molecular weight is 1100 g/mol. The van der Waals surface area contributed by atoms with Gasteiger partial charge in [-0.2, -0.15) is 9.97 Å². The molecule has 2 aliphatic rings. The highest BCUT2D eigenvalue weighted by Gasteiger charge is 2.44. The Bertz CT molecular complexity index is 3210. The number of aliphatic hydroxyl groups is 1. The number of rotatable bonds is 22. The van der Waals surface area contributed by atoms with Gasteiger partial charge in [-0.3, -0.25) is 28.8 Å². The van der Waals surface area contributed by atoms with Crippen LogP contribution >= 0.6 is 11.3 Å². The van der Waals surface area contributed by atoms with Crippen molar-refractivity contribution in [1.82, 2.24) is 45.7 Å². The van der Waals surface area contributed by atoms with Crippen LogP contribution in [0.4, 0.5) is 33.2 Å². The second-order valence-corrected chi connectivity index (χ2v) is 21.9. The van der Waals surface area contributed by atoms with Gasteiger partial charge in [0.25, 0.3) is 5.91 Å². The summed E-state index contributed by atoms with van der Waals surface area (Å²) in [7, 11) is 4.56. The zero-order chi connectivity index (χ0) is 56.5. The minimum absolute atomic E-state index is 0.0158. The summed E-state index contributed by atoms with van der Waals surface area (Å²) in [5, 5.41) is 25.9. The third-order valence-corrected chi connectivity index (χ3v) is 15.3. The molecule has 8 rings (SSSR count). The number of anilines is 5. The number of amides is 6. The van der Waals surface area contributed by atoms with Crippen LogP contribution in [-0.4, -0.2) is 129 Å². The van der Waals surface area contributed by atoms with E-state index in [1.54, 1.807) is 53.2 Å². The van der Waals surface area contributed by atoms with Crippen molar-refractivity contribution in [3.05, 3.63) is 101 Å². The molecule has 3 atom stereocenters. The summed E-state index contributed by atoms with van der Waals surface area (Å²) in [6, 6.07) is 15.7. The summed E-state index contributed by atoms with van der Waals surface area (Å²) in [5.41, 5.74) is 6.50. The fourth-order valence-corrected chi connectivity index (χ4v) is 10.7. The van der Waals surface area contributed by atoms with Gasteiger partial charge in [0.15, 0.2) is 0 Å². The lowest BCUT2D eigenvalue weighted by atomic mass is 9.85. The second-order valence-electron chi connectivity index (χ2n) is 21.1. The molecule has 7 N–H and O–H groups in total. The molecule has 1 unspecified atom stereocenters. The topological polar surface area (TPSA) is 256 Å². The van der Waals surface area contributed by atoms with Gasteiger partial charge in [-0.1, -0.05) is 70.4 Å². The minimum atomic E-state index is -0.926. The summed E-state index contributed by atoms with van der Waals surface area (Å²) in [6.07, 6.45) is 5.34. The number of methoxy groups -OCH3 is 1. The number of unbranched alkanes of at least 4 members (excludes halogenated alkanes) is 4. The number of benzene rings is 3. The highest BCUT2D eigenvalue weighted by atomic mass is 32.1. The van der Waals surface area contributed by atoms with Crippen LogP contribution in [0.2, 0.25) is 0 Å². The van der Waals surface area contributed by atoms with E-state index in [0.29, 0.717) is 59.8 Å². The smallest absolute Gasteiger partial charge is 0.256 e. The van der Waals surface area contributed by atoms with E-state index in [2.05, 4.69) is 46.5 Å². The highest BCUT2D eigenvalue weighted by molar-refractivity contribution is 7.13. The van der Waals surface area contributed by atoms with Gasteiger partial charge in [0.2, 0.25) is 35.5 Å². The number of aromatic nitrogens is 4. The van der Waals surface area contributed by atoms with Crippen molar-refractivity contribution in [2.45, 2.75) is 110 Å². The Morgan fingerprint density at radius 1 is 0.962 bits per heavy atom. The third kappa shape index (κ3) is 13.7. The lowest BCUT2D eigenvalue weighted by Crippen LogP contribution is -2.57. The van der Waals surface area contributed by atoms with Gasteiger partial charge in [0.05, 0.1) is 58.2 Å². The number of hydrogen-bond donors (Lipinski definition) is 7. The SMILES string of the molecule is CNC(=O)c1c(F)cccc1Nc1nc(Nc2cc3c(cc2OC)CCN3C(=O)CN(C)C(=O)CCCCCCCC(=O)NC(C(=O)N2C[C@H](O)C[C@H]2C(=O)NCc2ccc(-c3scnc3C)cc2)C(C)(C)C)nc2[nH]ccc12. The monoisotopic (exact) mass is 1100 g/mol. The highest BCUT2D eigenvalue weighted by Crippen LogP contribution is 2.39. The van der Waals surface area contributed by atoms with Crippen molar-refractivity contribution in [2.75, 3.05) is 56.4 Å². The van der Waals surface area contributed by atoms with Gasteiger partial charge in [0, 0.05) is 64.9 Å². The molecule has 2 aliphatic heterocycles. The Balaban J connectivity index is 0.777. The number of nitrogens with zero attached hydrogens (tertiary/aromatic N) is 6. The molecular weight excluding hydrogens is 1030 g/mol. The molecule has 6 aromatic rings. The van der Waals surface area contributed by atoms with Crippen LogP contribution in [0.1, 0.15) is 99.3 Å². The predicted molar refractivity (Wildman–Crippen MR) is 301 cm³/mol. The lowest BCUT2D eigenvalue weighted by molar-refractivity contribution is -0.144. The van der Waals surface area contributed by atoms with Gasteiger partial charge >= 0.3 is 0 Å². The van der Waals surface area contributed by atoms with Crippen LogP contribution in [0.5, 0.6) is 5.75 Å². The Morgan fingerprint density at radius 2 is 1.71 bits per heavy atom. The number of carbonyl (C=O) groups is 6. The first-order valence-electron chi connectivity index (χ1n) is 26.5. The first-order chi connectivity index (χ1) is 37.8. The number of nitrogens with one attached hydrogen (secondary N) is 6. The van der Waals surface area contributed by atoms with E-state index in [-0.39, 0.29) is 79.7 Å².